The molecule has 17 rings (SSSR count). The van der Waals surface area contributed by atoms with Gasteiger partial charge in [-0.05, 0) is 155 Å². The van der Waals surface area contributed by atoms with Gasteiger partial charge in [0.2, 0.25) is 6.71 Å². The molecule has 0 saturated carbocycles. The van der Waals surface area contributed by atoms with Crippen LogP contribution < -0.4 is 62.8 Å². The van der Waals surface area contributed by atoms with E-state index >= 15 is 0 Å². The van der Waals surface area contributed by atoms with Gasteiger partial charge < -0.3 is 4.90 Å². The van der Waals surface area contributed by atoms with E-state index in [1.807, 2.05) is 11.8 Å². The van der Waals surface area contributed by atoms with E-state index < -0.39 is 16.1 Å². The lowest BCUT2D eigenvalue weighted by Crippen LogP contribution is -2.75. The highest BCUT2D eigenvalue weighted by molar-refractivity contribution is 8.00. The van der Waals surface area contributed by atoms with Gasteiger partial charge in [0.05, 0.1) is 5.69 Å². The molecule has 15 aromatic rings. The molecule has 0 radical (unpaired) electrons. The van der Waals surface area contributed by atoms with Crippen LogP contribution in [0.25, 0.3) is 55.6 Å². The molecule has 5 heteroatoms. The molecule has 15 aromatic carbocycles. The minimum atomic E-state index is -3.30. The Bertz CT molecular complexity index is 5490. The van der Waals surface area contributed by atoms with Crippen LogP contribution in [0.15, 0.2) is 386 Å². The average molecular weight is 1370 g/mol. The summed E-state index contributed by atoms with van der Waals surface area (Å²) in [5.41, 5.74) is 21.8. The fourth-order valence-electron chi connectivity index (χ4n) is 16.6. The number of hydrogen-bond donors (Lipinski definition) is 0. The van der Waals surface area contributed by atoms with Crippen molar-refractivity contribution in [2.75, 3.05) is 4.90 Å². The number of benzene rings is 15. The molecule has 2 aliphatic rings. The highest BCUT2D eigenvalue weighted by atomic mass is 32.2. The Kier molecular flexibility index (Phi) is 16.9. The van der Waals surface area contributed by atoms with Crippen LogP contribution in [0.5, 0.6) is 0 Å². The first kappa shape index (κ1) is 65.3. The lowest BCUT2D eigenvalue weighted by molar-refractivity contribution is 0.569. The molecule has 0 N–H and O–H groups in total. The van der Waals surface area contributed by atoms with Crippen molar-refractivity contribution in [2.24, 2.45) is 0 Å². The van der Waals surface area contributed by atoms with Crippen molar-refractivity contribution in [1.29, 1.82) is 0 Å². The van der Waals surface area contributed by atoms with E-state index in [1.54, 1.807) is 0 Å². The zero-order valence-electron chi connectivity index (χ0n) is 59.2. The van der Waals surface area contributed by atoms with E-state index in [-0.39, 0.29) is 17.5 Å². The smallest absolute Gasteiger partial charge is 0.249 e. The molecule has 2 heterocycles. The van der Waals surface area contributed by atoms with E-state index in [0.717, 1.165) is 22.4 Å². The van der Waals surface area contributed by atoms with Gasteiger partial charge in [-0.1, -0.05) is 405 Å². The predicted molar refractivity (Wildman–Crippen MR) is 448 cm³/mol. The molecule has 0 saturated heterocycles. The summed E-state index contributed by atoms with van der Waals surface area (Å²) in [5, 5.41) is 10.7. The zero-order valence-corrected chi connectivity index (χ0v) is 62.0. The maximum absolute atomic E-state index is 3.30. The van der Waals surface area contributed by atoms with Gasteiger partial charge in [-0.25, -0.2) is 0 Å². The number of rotatable bonds is 14. The maximum Gasteiger partial charge on any atom is 0.249 e. The summed E-state index contributed by atoms with van der Waals surface area (Å²) in [6.45, 7) is 14.0. The summed E-state index contributed by atoms with van der Waals surface area (Å²) >= 11 is 1.95. The molecule has 2 aliphatic heterocycles. The summed E-state index contributed by atoms with van der Waals surface area (Å²) in [4.78, 5) is 5.29. The predicted octanol–water partition coefficient (Wildman–Crippen LogP) is 18.1. The highest BCUT2D eigenvalue weighted by Crippen LogP contribution is 2.48. The molecule has 0 aliphatic carbocycles. The Hall–Kier alpha value is -11.1. The molecule has 0 aromatic heterocycles. The number of anilines is 3. The molecule has 0 unspecified atom stereocenters. The molecule has 0 fully saturated rings. The first-order valence-corrected chi connectivity index (χ1v) is 41.0. The first-order chi connectivity index (χ1) is 50.3. The van der Waals surface area contributed by atoms with Crippen molar-refractivity contribution in [1.82, 2.24) is 0 Å². The van der Waals surface area contributed by atoms with Gasteiger partial charge in [0.25, 0.3) is 0 Å². The highest BCUT2D eigenvalue weighted by Gasteiger charge is 2.48. The van der Waals surface area contributed by atoms with Crippen molar-refractivity contribution < 1.29 is 0 Å². The summed E-state index contributed by atoms with van der Waals surface area (Å²) in [6, 6.07) is 144. The second-order valence-corrected chi connectivity index (χ2v) is 38.6. The third kappa shape index (κ3) is 11.7. The van der Waals surface area contributed by atoms with Gasteiger partial charge in [-0.15, -0.1) is 0 Å². The molecule has 103 heavy (non-hydrogen) atoms. The zero-order chi connectivity index (χ0) is 69.9. The normalized spacial score (nSPS) is 12.7. The van der Waals surface area contributed by atoms with Crippen molar-refractivity contribution >= 4 is 110 Å². The van der Waals surface area contributed by atoms with Gasteiger partial charge in [0.15, 0.2) is 16.1 Å². The van der Waals surface area contributed by atoms with Crippen molar-refractivity contribution in [3.05, 3.63) is 387 Å². The van der Waals surface area contributed by atoms with Crippen LogP contribution in [0.1, 0.15) is 52.7 Å². The fourth-order valence-corrected chi connectivity index (χ4v) is 27.4. The third-order valence-corrected chi connectivity index (χ3v) is 32.4. The maximum atomic E-state index is 2.73. The van der Waals surface area contributed by atoms with E-state index in [2.05, 4.69) is 423 Å². The molecular weight excluding hydrogens is 1290 g/mol. The molecule has 0 amide bonds. The van der Waals surface area contributed by atoms with Crippen LogP contribution in [0.3, 0.4) is 0 Å². The Morgan fingerprint density at radius 1 is 0.243 bits per heavy atom. The third-order valence-electron chi connectivity index (χ3n) is 21.7. The Morgan fingerprint density at radius 3 is 1.07 bits per heavy atom. The number of fused-ring (bicyclic) bond motifs is 4. The standard InChI is InChI=1S/C98H80BNSSi2/c1-97(2,3)78-59-76(60-79(66-78)98(4,5)6)77-64-93-96-95(65-77)101-94-58-55-86(102(80-43-23-11-24-44-80,81-45-25-12-26-46-81)84-51-31-41-73(61-84)69-33-15-7-16-34-69)67-90(94)99(96)89-57-54-87(68-92(89)100(93)91-63-75(71-37-19-9-20-38-71)53-56-88(91)72-39-21-10-22-40-72)103(82-47-27-13-28-48-82,83-49-29-14-30-50-83)85-52-32-42-74(62-85)70-35-17-8-18-36-70/h7-68H,1-6H3. The Balaban J connectivity index is 1.02. The molecule has 0 spiro atoms. The quantitative estimate of drug-likeness (QED) is 0.0789. The van der Waals surface area contributed by atoms with Gasteiger partial charge in [0.1, 0.15) is 0 Å². The van der Waals surface area contributed by atoms with Crippen LogP contribution in [-0.2, 0) is 10.8 Å². The minimum absolute atomic E-state index is 0.103. The lowest BCUT2D eigenvalue weighted by atomic mass is 9.35. The van der Waals surface area contributed by atoms with Gasteiger partial charge in [-0.2, -0.15) is 0 Å². The number of nitrogens with zero attached hydrogens (tertiary/aromatic N) is 1. The van der Waals surface area contributed by atoms with E-state index in [0.29, 0.717) is 0 Å². The minimum Gasteiger partial charge on any atom is -0.311 e. The van der Waals surface area contributed by atoms with E-state index in [1.165, 1.54) is 129 Å². The van der Waals surface area contributed by atoms with Gasteiger partial charge in [0, 0.05) is 26.7 Å². The lowest BCUT2D eigenvalue weighted by Gasteiger charge is -2.43. The topological polar surface area (TPSA) is 3.24 Å². The Morgan fingerprint density at radius 2 is 0.612 bits per heavy atom. The van der Waals surface area contributed by atoms with Crippen molar-refractivity contribution in [2.45, 2.75) is 62.2 Å². The SMILES string of the molecule is CC(C)(C)c1cc(-c2cc3c4c(c2)N(c2cc(-c5ccccc5)ccc2-c2ccccc2)c2cc([Si](c5ccccc5)(c5ccccc5)c5cccc(-c6ccccc6)c5)ccc2B4c2cc([Si](c4ccccc4)(c4ccccc4)c4cccc(-c5ccccc5)c4)ccc2S3)cc(C(C)(C)C)c1. The second kappa shape index (κ2) is 26.7. The van der Waals surface area contributed by atoms with Crippen LogP contribution in [0, 0.1) is 0 Å². The Labute approximate surface area is 615 Å². The average Bonchev–Trinajstić information content (AvgIpc) is 0.699. The molecule has 0 bridgehead atoms. The largest absolute Gasteiger partial charge is 0.311 e. The summed E-state index contributed by atoms with van der Waals surface area (Å²) in [7, 11) is -6.48. The van der Waals surface area contributed by atoms with E-state index in [4.69, 9.17) is 0 Å². The summed E-state index contributed by atoms with van der Waals surface area (Å²) in [6.07, 6.45) is 0. The van der Waals surface area contributed by atoms with Crippen LogP contribution >= 0.6 is 11.8 Å². The number of hydrogen-bond acceptors (Lipinski definition) is 2. The van der Waals surface area contributed by atoms with E-state index in [9.17, 15) is 0 Å². The monoisotopic (exact) mass is 1370 g/mol. The molecule has 494 valence electrons. The second-order valence-electron chi connectivity index (χ2n) is 29.9. The molecule has 1 nitrogen and oxygen atoms in total. The molecular formula is C98H80BNSSi2. The van der Waals surface area contributed by atoms with Gasteiger partial charge in [-0.3, -0.25) is 0 Å². The van der Waals surface area contributed by atoms with Crippen molar-refractivity contribution in [3.63, 3.8) is 0 Å². The van der Waals surface area contributed by atoms with Crippen LogP contribution in [-0.4, -0.2) is 22.9 Å². The van der Waals surface area contributed by atoms with Gasteiger partial charge >= 0.3 is 0 Å². The fraction of sp³-hybridized carbons (Fsp3) is 0.0816. The van der Waals surface area contributed by atoms with Crippen molar-refractivity contribution in [3.8, 4) is 55.6 Å². The van der Waals surface area contributed by atoms with Crippen LogP contribution in [0.4, 0.5) is 17.1 Å². The summed E-state index contributed by atoms with van der Waals surface area (Å²) in [5.74, 6) is 0. The van der Waals surface area contributed by atoms with Crippen LogP contribution in [0.2, 0.25) is 0 Å². The summed E-state index contributed by atoms with van der Waals surface area (Å²) < 4.78 is 0. The molecule has 0 atom stereocenters. The first-order valence-electron chi connectivity index (χ1n) is 36.2.